The van der Waals surface area contributed by atoms with E-state index in [1.165, 1.54) is 0 Å². The second-order valence-electron chi connectivity index (χ2n) is 3.39. The van der Waals surface area contributed by atoms with Gasteiger partial charge in [0.05, 0.1) is 6.54 Å². The van der Waals surface area contributed by atoms with Crippen molar-refractivity contribution in [1.82, 2.24) is 10.2 Å². The summed E-state index contributed by atoms with van der Waals surface area (Å²) in [6, 6.07) is 0.305. The highest BCUT2D eigenvalue weighted by molar-refractivity contribution is 6.01. The fourth-order valence-electron chi connectivity index (χ4n) is 1.75. The Balaban J connectivity index is 2.18. The van der Waals surface area contributed by atoms with Crippen molar-refractivity contribution in [3.8, 4) is 0 Å². The van der Waals surface area contributed by atoms with Gasteiger partial charge in [0.15, 0.2) is 0 Å². The van der Waals surface area contributed by atoms with Gasteiger partial charge in [0.2, 0.25) is 5.91 Å². The van der Waals surface area contributed by atoms with Crippen LogP contribution in [-0.4, -0.2) is 29.2 Å². The van der Waals surface area contributed by atoms with Crippen molar-refractivity contribution >= 4 is 11.7 Å². The molecule has 0 aromatic heterocycles. The third kappa shape index (κ3) is 1.43. The Kier molecular flexibility index (Phi) is 2.04. The molecule has 1 fully saturated rings. The summed E-state index contributed by atoms with van der Waals surface area (Å²) in [5, 5.41) is 3.05. The number of aliphatic imine (C=N–C) groups is 1. The Bertz CT molecular complexity index is 283. The lowest BCUT2D eigenvalue weighted by atomic mass is 10.2. The van der Waals surface area contributed by atoms with Gasteiger partial charge < -0.3 is 5.32 Å². The Morgan fingerprint density at radius 2 is 2.54 bits per heavy atom. The van der Waals surface area contributed by atoms with E-state index >= 15 is 0 Å². The van der Waals surface area contributed by atoms with Crippen molar-refractivity contribution in [1.29, 1.82) is 0 Å². The maximum Gasteiger partial charge on any atom is 0.228 e. The van der Waals surface area contributed by atoms with Crippen molar-refractivity contribution < 1.29 is 4.79 Å². The first-order valence-corrected chi connectivity index (χ1v) is 4.56. The van der Waals surface area contributed by atoms with Crippen LogP contribution in [0.4, 0.5) is 0 Å². The molecule has 13 heavy (non-hydrogen) atoms. The van der Waals surface area contributed by atoms with Crippen molar-refractivity contribution in [2.24, 2.45) is 4.99 Å². The van der Waals surface area contributed by atoms with Crippen LogP contribution >= 0.6 is 0 Å². The Morgan fingerprint density at radius 3 is 3.08 bits per heavy atom. The van der Waals surface area contributed by atoms with Crippen LogP contribution in [0.15, 0.2) is 17.4 Å². The molecule has 2 rings (SSSR count). The monoisotopic (exact) mass is 179 g/mol. The standard InChI is InChI=1S/C9H13N3O/c1-7-2-3-9(13)12(7)8-6-10-4-5-11-8/h4-5,7,10H,2-3,6H2,1H3/t7-/m1/s1. The topological polar surface area (TPSA) is 44.7 Å². The zero-order valence-electron chi connectivity index (χ0n) is 7.66. The zero-order valence-corrected chi connectivity index (χ0v) is 7.66. The summed E-state index contributed by atoms with van der Waals surface area (Å²) < 4.78 is 0. The molecule has 0 spiro atoms. The fraction of sp³-hybridized carbons (Fsp3) is 0.556. The molecule has 0 aliphatic carbocycles. The summed E-state index contributed by atoms with van der Waals surface area (Å²) in [7, 11) is 0. The van der Waals surface area contributed by atoms with Gasteiger partial charge in [-0.2, -0.15) is 0 Å². The van der Waals surface area contributed by atoms with Crippen molar-refractivity contribution in [2.75, 3.05) is 6.54 Å². The first-order chi connectivity index (χ1) is 6.29. The van der Waals surface area contributed by atoms with Gasteiger partial charge in [-0.3, -0.25) is 9.69 Å². The molecule has 0 aromatic carbocycles. The summed E-state index contributed by atoms with van der Waals surface area (Å²) >= 11 is 0. The van der Waals surface area contributed by atoms with Crippen molar-refractivity contribution in [3.63, 3.8) is 0 Å². The van der Waals surface area contributed by atoms with E-state index in [1.54, 1.807) is 17.3 Å². The number of amidine groups is 1. The molecule has 0 bridgehead atoms. The van der Waals surface area contributed by atoms with Crippen molar-refractivity contribution in [2.45, 2.75) is 25.8 Å². The highest BCUT2D eigenvalue weighted by Gasteiger charge is 2.31. The molecule has 2 aliphatic rings. The van der Waals surface area contributed by atoms with E-state index in [2.05, 4.69) is 17.2 Å². The van der Waals surface area contributed by atoms with Gasteiger partial charge in [-0.25, -0.2) is 4.99 Å². The van der Waals surface area contributed by atoms with Crippen LogP contribution < -0.4 is 5.32 Å². The van der Waals surface area contributed by atoms with E-state index in [9.17, 15) is 4.79 Å². The van der Waals surface area contributed by atoms with Crippen LogP contribution in [0.1, 0.15) is 19.8 Å². The number of carbonyl (C=O) groups excluding carboxylic acids is 1. The van der Waals surface area contributed by atoms with Gasteiger partial charge >= 0.3 is 0 Å². The molecule has 4 heteroatoms. The highest BCUT2D eigenvalue weighted by atomic mass is 16.2. The average Bonchev–Trinajstić information content (AvgIpc) is 2.48. The molecule has 2 aliphatic heterocycles. The SMILES string of the molecule is C[C@@H]1CCC(=O)N1C1=NC=CNC1. The lowest BCUT2D eigenvalue weighted by Crippen LogP contribution is -2.42. The molecule has 1 amide bonds. The Hall–Kier alpha value is -1.32. The predicted molar refractivity (Wildman–Crippen MR) is 50.1 cm³/mol. The van der Waals surface area contributed by atoms with E-state index in [0.717, 1.165) is 12.3 Å². The van der Waals surface area contributed by atoms with Crippen LogP contribution in [0.25, 0.3) is 0 Å². The Morgan fingerprint density at radius 1 is 1.69 bits per heavy atom. The third-order valence-corrected chi connectivity index (χ3v) is 2.44. The number of rotatable bonds is 0. The normalized spacial score (nSPS) is 27.5. The zero-order chi connectivity index (χ0) is 9.26. The maximum atomic E-state index is 11.5. The van der Waals surface area contributed by atoms with Gasteiger partial charge in [0.1, 0.15) is 5.84 Å². The highest BCUT2D eigenvalue weighted by Crippen LogP contribution is 2.18. The minimum atomic E-state index is 0.198. The van der Waals surface area contributed by atoms with Crippen molar-refractivity contribution in [3.05, 3.63) is 12.4 Å². The number of amides is 1. The Labute approximate surface area is 77.3 Å². The van der Waals surface area contributed by atoms with Gasteiger partial charge in [-0.15, -0.1) is 0 Å². The molecule has 0 unspecified atom stereocenters. The van der Waals surface area contributed by atoms with Gasteiger partial charge in [-0.05, 0) is 13.3 Å². The van der Waals surface area contributed by atoms with E-state index in [0.29, 0.717) is 19.0 Å². The largest absolute Gasteiger partial charge is 0.382 e. The minimum Gasteiger partial charge on any atom is -0.382 e. The van der Waals surface area contributed by atoms with Crippen LogP contribution in [0.5, 0.6) is 0 Å². The van der Waals surface area contributed by atoms with Crippen LogP contribution in [0.2, 0.25) is 0 Å². The molecule has 1 saturated heterocycles. The fourth-order valence-corrected chi connectivity index (χ4v) is 1.75. The maximum absolute atomic E-state index is 11.5. The number of hydrogen-bond donors (Lipinski definition) is 1. The summed E-state index contributed by atoms with van der Waals surface area (Å²) in [5.41, 5.74) is 0. The quantitative estimate of drug-likeness (QED) is 0.587. The first kappa shape index (κ1) is 8.29. The number of carbonyl (C=O) groups is 1. The van der Waals surface area contributed by atoms with E-state index in [4.69, 9.17) is 0 Å². The van der Waals surface area contributed by atoms with E-state index < -0.39 is 0 Å². The molecular formula is C9H13N3O. The van der Waals surface area contributed by atoms with E-state index in [1.807, 2.05) is 0 Å². The molecule has 1 atom stereocenters. The molecule has 0 saturated carbocycles. The molecule has 0 aromatic rings. The smallest absolute Gasteiger partial charge is 0.228 e. The number of nitrogens with zero attached hydrogens (tertiary/aromatic N) is 2. The third-order valence-electron chi connectivity index (χ3n) is 2.44. The predicted octanol–water partition coefficient (Wildman–Crippen LogP) is 0.470. The number of nitrogens with one attached hydrogen (secondary N) is 1. The summed E-state index contributed by atoms with van der Waals surface area (Å²) in [5.74, 6) is 1.04. The summed E-state index contributed by atoms with van der Waals surface area (Å²) in [4.78, 5) is 17.5. The summed E-state index contributed by atoms with van der Waals surface area (Å²) in [6.45, 7) is 2.72. The molecule has 2 heterocycles. The van der Waals surface area contributed by atoms with Gasteiger partial charge in [-0.1, -0.05) is 0 Å². The first-order valence-electron chi connectivity index (χ1n) is 4.56. The second kappa shape index (κ2) is 3.20. The lowest BCUT2D eigenvalue weighted by Gasteiger charge is -2.24. The van der Waals surface area contributed by atoms with Crippen LogP contribution in [-0.2, 0) is 4.79 Å². The molecule has 1 N–H and O–H groups in total. The lowest BCUT2D eigenvalue weighted by molar-refractivity contribution is -0.125. The molecule has 4 nitrogen and oxygen atoms in total. The number of hydrogen-bond acceptors (Lipinski definition) is 3. The van der Waals surface area contributed by atoms with Gasteiger partial charge in [0, 0.05) is 24.9 Å². The van der Waals surface area contributed by atoms with Crippen LogP contribution in [0, 0.1) is 0 Å². The minimum absolute atomic E-state index is 0.198. The summed E-state index contributed by atoms with van der Waals surface area (Å²) in [6.07, 6.45) is 5.08. The van der Waals surface area contributed by atoms with Gasteiger partial charge in [0.25, 0.3) is 0 Å². The second-order valence-corrected chi connectivity index (χ2v) is 3.39. The van der Waals surface area contributed by atoms with Crippen LogP contribution in [0.3, 0.4) is 0 Å². The van der Waals surface area contributed by atoms with E-state index in [-0.39, 0.29) is 5.91 Å². The molecule has 0 radical (unpaired) electrons. The molecular weight excluding hydrogens is 166 g/mol. The average molecular weight is 179 g/mol. The number of likely N-dealkylation sites (tertiary alicyclic amines) is 1. The molecule has 70 valence electrons.